The van der Waals surface area contributed by atoms with Crippen LogP contribution >= 0.6 is 0 Å². The van der Waals surface area contributed by atoms with Crippen molar-refractivity contribution in [3.63, 3.8) is 0 Å². The molecule has 3 rings (SSSR count). The highest BCUT2D eigenvalue weighted by Crippen LogP contribution is 2.24. The van der Waals surface area contributed by atoms with Crippen molar-refractivity contribution in [3.05, 3.63) is 57.3 Å². The summed E-state index contributed by atoms with van der Waals surface area (Å²) >= 11 is 0. The van der Waals surface area contributed by atoms with Gasteiger partial charge in [0.25, 0.3) is 12.1 Å². The van der Waals surface area contributed by atoms with E-state index in [1.807, 2.05) is 35.2 Å². The van der Waals surface area contributed by atoms with Crippen LogP contribution in [-0.2, 0) is 6.54 Å². The summed E-state index contributed by atoms with van der Waals surface area (Å²) in [7, 11) is 0. The zero-order chi connectivity index (χ0) is 19.8. The van der Waals surface area contributed by atoms with Gasteiger partial charge in [0, 0.05) is 26.2 Å². The van der Waals surface area contributed by atoms with Crippen LogP contribution in [0.2, 0.25) is 0 Å². The lowest BCUT2D eigenvalue weighted by molar-refractivity contribution is 0.242. The molecular weight excluding hydrogens is 352 g/mol. The van der Waals surface area contributed by atoms with Crippen molar-refractivity contribution < 1.29 is 0 Å². The van der Waals surface area contributed by atoms with E-state index in [1.54, 1.807) is 13.1 Å². The Morgan fingerprint density at radius 2 is 2.04 bits per heavy atom. The number of benzene rings is 1. The molecular formula is C21H25N6O+. The first-order chi connectivity index (χ1) is 13.7. The Balaban J connectivity index is 1.96. The van der Waals surface area contributed by atoms with Gasteiger partial charge >= 0.3 is 5.69 Å². The topological polar surface area (TPSA) is 57.8 Å². The van der Waals surface area contributed by atoms with Crippen molar-refractivity contribution in [2.24, 2.45) is 0 Å². The van der Waals surface area contributed by atoms with E-state index in [4.69, 9.17) is 6.57 Å². The Morgan fingerprint density at radius 1 is 1.29 bits per heavy atom. The fraction of sp³-hybridized carbons (Fsp3) is 0.381. The van der Waals surface area contributed by atoms with Gasteiger partial charge in [-0.2, -0.15) is 5.10 Å². The fourth-order valence-corrected chi connectivity index (χ4v) is 3.20. The van der Waals surface area contributed by atoms with E-state index in [2.05, 4.69) is 32.0 Å². The average Bonchev–Trinajstić information content (AvgIpc) is 2.74. The molecule has 1 saturated heterocycles. The number of nitrogens with zero attached hydrogens (tertiary/aromatic N) is 5. The second-order valence-electron chi connectivity index (χ2n) is 6.59. The minimum absolute atomic E-state index is 0.219. The molecule has 2 heterocycles. The molecule has 7 heteroatoms. The molecule has 2 aromatic rings. The van der Waals surface area contributed by atoms with E-state index in [9.17, 15) is 4.79 Å². The number of nitrogens with one attached hydrogen (secondary N) is 1. The summed E-state index contributed by atoms with van der Waals surface area (Å²) in [6, 6.07) is 9.77. The minimum atomic E-state index is -0.219. The Labute approximate surface area is 165 Å². The molecule has 0 spiro atoms. The maximum Gasteiger partial charge on any atom is 0.388 e. The van der Waals surface area contributed by atoms with Gasteiger partial charge in [0.15, 0.2) is 0 Å². The highest BCUT2D eigenvalue weighted by molar-refractivity contribution is 5.69. The lowest BCUT2D eigenvalue weighted by Gasteiger charge is -2.32. The largest absolute Gasteiger partial charge is 0.388 e. The number of hydrogen-bond acceptors (Lipinski definition) is 5. The normalized spacial score (nSPS) is 14.0. The van der Waals surface area contributed by atoms with Gasteiger partial charge in [-0.15, -0.1) is 5.92 Å². The zero-order valence-corrected chi connectivity index (χ0v) is 16.1. The average molecular weight is 377 g/mol. The molecule has 7 nitrogen and oxygen atoms in total. The van der Waals surface area contributed by atoms with Crippen molar-refractivity contribution in [3.8, 4) is 18.4 Å². The molecule has 0 aliphatic carbocycles. The highest BCUT2D eigenvalue weighted by atomic mass is 16.1. The highest BCUT2D eigenvalue weighted by Gasteiger charge is 2.26. The monoisotopic (exact) mass is 377 g/mol. The van der Waals surface area contributed by atoms with Crippen LogP contribution in [0, 0.1) is 18.4 Å². The predicted molar refractivity (Wildman–Crippen MR) is 112 cm³/mol. The Bertz CT molecular complexity index is 945. The first-order valence-corrected chi connectivity index (χ1v) is 9.35. The Morgan fingerprint density at radius 3 is 2.71 bits per heavy atom. The van der Waals surface area contributed by atoms with E-state index < -0.39 is 0 Å². The van der Waals surface area contributed by atoms with Gasteiger partial charge in [0.1, 0.15) is 6.20 Å². The zero-order valence-electron chi connectivity index (χ0n) is 16.1. The Kier molecular flexibility index (Phi) is 6.80. The number of rotatable bonds is 6. The van der Waals surface area contributed by atoms with Gasteiger partial charge in [-0.25, -0.2) is 4.68 Å². The summed E-state index contributed by atoms with van der Waals surface area (Å²) in [6.07, 6.45) is 1.55. The number of aromatic nitrogens is 2. The van der Waals surface area contributed by atoms with Crippen molar-refractivity contribution in [2.75, 3.05) is 44.3 Å². The minimum Gasteiger partial charge on any atom is -0.336 e. The van der Waals surface area contributed by atoms with E-state index in [0.717, 1.165) is 31.7 Å². The third kappa shape index (κ3) is 4.77. The molecule has 0 amide bonds. The van der Waals surface area contributed by atoms with Crippen LogP contribution in [0.25, 0.3) is 4.85 Å². The third-order valence-electron chi connectivity index (χ3n) is 4.66. The summed E-state index contributed by atoms with van der Waals surface area (Å²) in [5.41, 5.74) is 1.60. The molecule has 1 aliphatic heterocycles. The summed E-state index contributed by atoms with van der Waals surface area (Å²) < 4.78 is 1.45. The summed E-state index contributed by atoms with van der Waals surface area (Å²) in [6.45, 7) is 12.4. The van der Waals surface area contributed by atoms with Crippen LogP contribution in [-0.4, -0.2) is 54.1 Å². The van der Waals surface area contributed by atoms with Crippen LogP contribution in [0.1, 0.15) is 12.5 Å². The van der Waals surface area contributed by atoms with Gasteiger partial charge in [-0.1, -0.05) is 36.3 Å². The van der Waals surface area contributed by atoms with Gasteiger partial charge in [-0.3, -0.25) is 9.69 Å². The second-order valence-corrected chi connectivity index (χ2v) is 6.59. The molecule has 28 heavy (non-hydrogen) atoms. The molecule has 1 aromatic carbocycles. The van der Waals surface area contributed by atoms with Gasteiger partial charge < -0.3 is 10.2 Å². The van der Waals surface area contributed by atoms with Crippen molar-refractivity contribution in [1.29, 1.82) is 0 Å². The van der Waals surface area contributed by atoms with E-state index >= 15 is 0 Å². The van der Waals surface area contributed by atoms with Crippen LogP contribution in [0.4, 0.5) is 11.4 Å². The van der Waals surface area contributed by atoms with E-state index in [0.29, 0.717) is 31.1 Å². The van der Waals surface area contributed by atoms with Crippen molar-refractivity contribution in [1.82, 2.24) is 20.0 Å². The first kappa shape index (κ1) is 19.6. The smallest absolute Gasteiger partial charge is 0.336 e. The molecule has 144 valence electrons. The molecule has 0 bridgehead atoms. The quantitative estimate of drug-likeness (QED) is 0.775. The van der Waals surface area contributed by atoms with Crippen LogP contribution in [0.15, 0.2) is 41.3 Å². The van der Waals surface area contributed by atoms with Crippen LogP contribution in [0.5, 0.6) is 0 Å². The summed E-state index contributed by atoms with van der Waals surface area (Å²) in [4.78, 5) is 21.3. The molecule has 1 aromatic heterocycles. The van der Waals surface area contributed by atoms with Crippen molar-refractivity contribution >= 4 is 11.4 Å². The van der Waals surface area contributed by atoms with E-state index in [-0.39, 0.29) is 5.56 Å². The predicted octanol–water partition coefficient (Wildman–Crippen LogP) is 1.58. The molecule has 0 radical (unpaired) electrons. The van der Waals surface area contributed by atoms with Crippen molar-refractivity contribution in [2.45, 2.75) is 13.5 Å². The molecule has 0 saturated carbocycles. The molecule has 1 fully saturated rings. The van der Waals surface area contributed by atoms with E-state index in [1.165, 1.54) is 4.68 Å². The van der Waals surface area contributed by atoms with Crippen LogP contribution < -0.4 is 15.8 Å². The second kappa shape index (κ2) is 9.70. The van der Waals surface area contributed by atoms with Gasteiger partial charge in [-0.05, 0) is 17.3 Å². The molecule has 1 N–H and O–H groups in total. The summed E-state index contributed by atoms with van der Waals surface area (Å²) in [5, 5.41) is 7.60. The number of hydrogen-bond donors (Lipinski definition) is 1. The third-order valence-corrected chi connectivity index (χ3v) is 4.66. The Hall–Kier alpha value is -3.13. The van der Waals surface area contributed by atoms with Gasteiger partial charge in [0.05, 0.1) is 19.8 Å². The van der Waals surface area contributed by atoms with Gasteiger partial charge in [0.2, 0.25) is 5.69 Å². The number of anilines is 1. The molecule has 1 aliphatic rings. The fourth-order valence-electron chi connectivity index (χ4n) is 3.20. The maximum atomic E-state index is 13.3. The number of piperazine rings is 1. The van der Waals surface area contributed by atoms with Crippen LogP contribution in [0.3, 0.4) is 0 Å². The lowest BCUT2D eigenvalue weighted by Crippen LogP contribution is -2.49. The first-order valence-electron chi connectivity index (χ1n) is 9.35. The maximum absolute atomic E-state index is 13.3. The summed E-state index contributed by atoms with van der Waals surface area (Å²) in [5.74, 6) is 5.97. The molecule has 0 unspecified atom stereocenters. The lowest BCUT2D eigenvalue weighted by atomic mass is 10.2. The molecule has 0 atom stereocenters. The standard InChI is InChI=1S/C21H25N6O/c1-3-4-12-26(17-25-13-10-23-11-14-25)20-19(22-2)15-24-27(21(20)28)16-18-8-6-5-7-9-18/h2,5-9,15,23H,10-14,16-17H2,1H3/q+1. The SMILES string of the molecule is C#[N+]c1cnn(Cc2ccccc2)c(=O)c1N(CC#CC)CN1CCNCC1.